The first-order chi connectivity index (χ1) is 9.51. The van der Waals surface area contributed by atoms with Gasteiger partial charge >= 0.3 is 5.69 Å². The lowest BCUT2D eigenvalue weighted by Crippen LogP contribution is -2.14. The van der Waals surface area contributed by atoms with E-state index in [1.165, 1.54) is 10.9 Å². The highest BCUT2D eigenvalue weighted by molar-refractivity contribution is 6.30. The first-order valence-corrected chi connectivity index (χ1v) is 6.18. The standard InChI is InChI=1S/C12H11ClN4O3/c1-2-16-7-10(17(19)20)11(15-16)12(18)14-9-5-3-8(13)4-6-9/h3-7H,2H2,1H3,(H,14,18). The SMILES string of the molecule is CCn1cc([N+](=O)[O-])c(C(=O)Nc2ccc(Cl)cc2)n1. The van der Waals surface area contributed by atoms with E-state index in [9.17, 15) is 14.9 Å². The van der Waals surface area contributed by atoms with E-state index in [2.05, 4.69) is 10.4 Å². The maximum absolute atomic E-state index is 12.0. The minimum Gasteiger partial charge on any atom is -0.320 e. The van der Waals surface area contributed by atoms with Crippen LogP contribution in [0.1, 0.15) is 17.4 Å². The zero-order valence-electron chi connectivity index (χ0n) is 10.5. The van der Waals surface area contributed by atoms with Gasteiger partial charge in [0.2, 0.25) is 5.69 Å². The molecule has 1 heterocycles. The fourth-order valence-corrected chi connectivity index (χ4v) is 1.72. The van der Waals surface area contributed by atoms with Crippen molar-refractivity contribution in [1.82, 2.24) is 9.78 Å². The molecule has 20 heavy (non-hydrogen) atoms. The Morgan fingerprint density at radius 3 is 2.65 bits per heavy atom. The number of rotatable bonds is 4. The number of benzene rings is 1. The zero-order valence-corrected chi connectivity index (χ0v) is 11.3. The van der Waals surface area contributed by atoms with Gasteiger partial charge in [-0.1, -0.05) is 11.6 Å². The summed E-state index contributed by atoms with van der Waals surface area (Å²) in [6, 6.07) is 6.41. The predicted molar refractivity (Wildman–Crippen MR) is 74.0 cm³/mol. The van der Waals surface area contributed by atoms with Crippen LogP contribution in [0.3, 0.4) is 0 Å². The molecule has 0 atom stereocenters. The highest BCUT2D eigenvalue weighted by Gasteiger charge is 2.25. The second-order valence-electron chi connectivity index (χ2n) is 3.94. The van der Waals surface area contributed by atoms with Crippen molar-refractivity contribution < 1.29 is 9.72 Å². The number of nitrogens with zero attached hydrogens (tertiary/aromatic N) is 3. The van der Waals surface area contributed by atoms with Gasteiger partial charge in [-0.05, 0) is 31.2 Å². The fraction of sp³-hybridized carbons (Fsp3) is 0.167. The monoisotopic (exact) mass is 294 g/mol. The normalized spacial score (nSPS) is 10.3. The Kier molecular flexibility index (Phi) is 3.99. The molecule has 1 N–H and O–H groups in total. The van der Waals surface area contributed by atoms with Crippen LogP contribution in [-0.2, 0) is 6.54 Å². The maximum Gasteiger partial charge on any atom is 0.320 e. The lowest BCUT2D eigenvalue weighted by atomic mass is 10.3. The fourth-order valence-electron chi connectivity index (χ4n) is 1.59. The lowest BCUT2D eigenvalue weighted by molar-refractivity contribution is -0.385. The Morgan fingerprint density at radius 1 is 1.45 bits per heavy atom. The quantitative estimate of drug-likeness (QED) is 0.693. The Morgan fingerprint density at radius 2 is 2.10 bits per heavy atom. The van der Waals surface area contributed by atoms with Crippen LogP contribution in [0.5, 0.6) is 0 Å². The summed E-state index contributed by atoms with van der Waals surface area (Å²) in [4.78, 5) is 22.3. The van der Waals surface area contributed by atoms with Crippen molar-refractivity contribution in [2.24, 2.45) is 0 Å². The molecular weight excluding hydrogens is 284 g/mol. The molecular formula is C12H11ClN4O3. The average molecular weight is 295 g/mol. The second kappa shape index (κ2) is 5.70. The molecule has 0 spiro atoms. The molecule has 1 amide bonds. The molecule has 104 valence electrons. The van der Waals surface area contributed by atoms with Crippen molar-refractivity contribution in [3.8, 4) is 0 Å². The summed E-state index contributed by atoms with van der Waals surface area (Å²) in [6.07, 6.45) is 1.23. The highest BCUT2D eigenvalue weighted by Crippen LogP contribution is 2.19. The lowest BCUT2D eigenvalue weighted by Gasteiger charge is -2.02. The molecule has 7 nitrogen and oxygen atoms in total. The zero-order chi connectivity index (χ0) is 14.7. The van der Waals surface area contributed by atoms with Gasteiger partial charge in [0.1, 0.15) is 6.20 Å². The van der Waals surface area contributed by atoms with Gasteiger partial charge in [-0.15, -0.1) is 0 Å². The third-order valence-electron chi connectivity index (χ3n) is 2.58. The van der Waals surface area contributed by atoms with E-state index >= 15 is 0 Å². The summed E-state index contributed by atoms with van der Waals surface area (Å²) in [5.41, 5.74) is -0.0511. The molecule has 0 radical (unpaired) electrons. The van der Waals surface area contributed by atoms with Crippen molar-refractivity contribution in [1.29, 1.82) is 0 Å². The smallest absolute Gasteiger partial charge is 0.320 e. The van der Waals surface area contributed by atoms with Crippen LogP contribution >= 0.6 is 11.6 Å². The first-order valence-electron chi connectivity index (χ1n) is 5.80. The van der Waals surface area contributed by atoms with Crippen LogP contribution < -0.4 is 5.32 Å². The largest absolute Gasteiger partial charge is 0.320 e. The summed E-state index contributed by atoms with van der Waals surface area (Å²) in [7, 11) is 0. The summed E-state index contributed by atoms with van der Waals surface area (Å²) >= 11 is 5.74. The van der Waals surface area contributed by atoms with Crippen LogP contribution in [0.15, 0.2) is 30.5 Å². The molecule has 0 unspecified atom stereocenters. The number of aromatic nitrogens is 2. The Bertz CT molecular complexity index is 651. The van der Waals surface area contributed by atoms with E-state index in [1.54, 1.807) is 31.2 Å². The Hall–Kier alpha value is -2.41. The van der Waals surface area contributed by atoms with Crippen molar-refractivity contribution in [2.45, 2.75) is 13.5 Å². The molecule has 2 rings (SSSR count). The van der Waals surface area contributed by atoms with Gasteiger partial charge in [-0.2, -0.15) is 5.10 Å². The number of hydrogen-bond acceptors (Lipinski definition) is 4. The summed E-state index contributed by atoms with van der Waals surface area (Å²) < 4.78 is 1.34. The Labute approximate surface area is 119 Å². The highest BCUT2D eigenvalue weighted by atomic mass is 35.5. The molecule has 1 aromatic carbocycles. The van der Waals surface area contributed by atoms with Gasteiger partial charge < -0.3 is 5.32 Å². The molecule has 8 heteroatoms. The van der Waals surface area contributed by atoms with Gasteiger partial charge in [0.25, 0.3) is 5.91 Å². The number of hydrogen-bond donors (Lipinski definition) is 1. The summed E-state index contributed by atoms with van der Waals surface area (Å²) in [6.45, 7) is 2.21. The molecule has 0 saturated carbocycles. The number of carbonyl (C=O) groups excluding carboxylic acids is 1. The van der Waals surface area contributed by atoms with Gasteiger partial charge in [0.05, 0.1) is 4.92 Å². The topological polar surface area (TPSA) is 90.1 Å². The minimum atomic E-state index is -0.633. The van der Waals surface area contributed by atoms with Crippen molar-refractivity contribution in [3.63, 3.8) is 0 Å². The van der Waals surface area contributed by atoms with Gasteiger partial charge in [0.15, 0.2) is 0 Å². The molecule has 0 aliphatic rings. The van der Waals surface area contributed by atoms with Gasteiger partial charge in [-0.25, -0.2) is 0 Å². The number of carbonyl (C=O) groups is 1. The predicted octanol–water partition coefficient (Wildman–Crippen LogP) is 2.72. The van der Waals surface area contributed by atoms with E-state index in [1.807, 2.05) is 0 Å². The first kappa shape index (κ1) is 14.0. The molecule has 1 aromatic heterocycles. The number of nitro groups is 1. The minimum absolute atomic E-state index is 0.216. The van der Waals surface area contributed by atoms with E-state index in [4.69, 9.17) is 11.6 Å². The van der Waals surface area contributed by atoms with Crippen LogP contribution in [-0.4, -0.2) is 20.6 Å². The van der Waals surface area contributed by atoms with E-state index in [0.29, 0.717) is 17.3 Å². The number of anilines is 1. The van der Waals surface area contributed by atoms with E-state index < -0.39 is 10.8 Å². The van der Waals surface area contributed by atoms with Crippen molar-refractivity contribution in [3.05, 3.63) is 51.3 Å². The maximum atomic E-state index is 12.0. The molecule has 0 fully saturated rings. The third-order valence-corrected chi connectivity index (χ3v) is 2.83. The van der Waals surface area contributed by atoms with Crippen LogP contribution in [0, 0.1) is 10.1 Å². The number of nitrogens with one attached hydrogen (secondary N) is 1. The van der Waals surface area contributed by atoms with Crippen LogP contribution in [0.25, 0.3) is 0 Å². The van der Waals surface area contributed by atoms with Gasteiger partial charge in [0, 0.05) is 17.3 Å². The van der Waals surface area contributed by atoms with Crippen LogP contribution in [0.4, 0.5) is 11.4 Å². The van der Waals surface area contributed by atoms with Crippen molar-refractivity contribution >= 4 is 28.9 Å². The van der Waals surface area contributed by atoms with Gasteiger partial charge in [-0.3, -0.25) is 19.6 Å². The average Bonchev–Trinajstić information content (AvgIpc) is 2.86. The van der Waals surface area contributed by atoms with E-state index in [-0.39, 0.29) is 11.4 Å². The third kappa shape index (κ3) is 2.94. The second-order valence-corrected chi connectivity index (χ2v) is 4.37. The molecule has 0 aliphatic carbocycles. The Balaban J connectivity index is 2.26. The summed E-state index contributed by atoms with van der Waals surface area (Å²) in [5.74, 6) is -0.633. The van der Waals surface area contributed by atoms with Crippen LogP contribution in [0.2, 0.25) is 5.02 Å². The number of amides is 1. The molecule has 2 aromatic rings. The molecule has 0 aliphatic heterocycles. The van der Waals surface area contributed by atoms with Crippen molar-refractivity contribution in [2.75, 3.05) is 5.32 Å². The number of aryl methyl sites for hydroxylation is 1. The molecule has 0 saturated heterocycles. The van der Waals surface area contributed by atoms with E-state index in [0.717, 1.165) is 0 Å². The molecule has 0 bridgehead atoms. The number of halogens is 1. The summed E-state index contributed by atoms with van der Waals surface area (Å²) in [5, 5.41) is 17.9.